The fourth-order valence-corrected chi connectivity index (χ4v) is 2.63. The van der Waals surface area contributed by atoms with Crippen LogP contribution < -0.4 is 0 Å². The van der Waals surface area contributed by atoms with Gasteiger partial charge in [-0.3, -0.25) is 4.79 Å². The van der Waals surface area contributed by atoms with Gasteiger partial charge in [0.25, 0.3) is 5.91 Å². The number of ether oxygens (including phenoxy) is 1. The standard InChI is InChI=1S/C11H15F4NO2/c12-9(13)11(14,15)10(17)16-5-6-18-8-4-2-1-3-7(8)16/h7-9H,1-6H2. The van der Waals surface area contributed by atoms with E-state index in [1.165, 1.54) is 0 Å². The van der Waals surface area contributed by atoms with Crippen molar-refractivity contribution >= 4 is 5.91 Å². The summed E-state index contributed by atoms with van der Waals surface area (Å²) < 4.78 is 56.0. The van der Waals surface area contributed by atoms with Gasteiger partial charge in [-0.2, -0.15) is 8.78 Å². The van der Waals surface area contributed by atoms with Crippen molar-refractivity contribution in [2.75, 3.05) is 13.2 Å². The highest BCUT2D eigenvalue weighted by Crippen LogP contribution is 2.33. The van der Waals surface area contributed by atoms with Gasteiger partial charge in [0, 0.05) is 6.54 Å². The molecule has 1 saturated carbocycles. The van der Waals surface area contributed by atoms with E-state index in [0.717, 1.165) is 17.7 Å². The Morgan fingerprint density at radius 2 is 1.94 bits per heavy atom. The van der Waals surface area contributed by atoms with Gasteiger partial charge in [-0.1, -0.05) is 12.8 Å². The van der Waals surface area contributed by atoms with E-state index in [4.69, 9.17) is 4.74 Å². The van der Waals surface area contributed by atoms with Crippen LogP contribution in [0.5, 0.6) is 0 Å². The van der Waals surface area contributed by atoms with Crippen molar-refractivity contribution in [3.05, 3.63) is 0 Å². The molecule has 1 amide bonds. The normalized spacial score (nSPS) is 29.3. The minimum atomic E-state index is -4.60. The highest BCUT2D eigenvalue weighted by molar-refractivity contribution is 5.84. The zero-order chi connectivity index (χ0) is 13.3. The van der Waals surface area contributed by atoms with Crippen molar-refractivity contribution in [3.63, 3.8) is 0 Å². The van der Waals surface area contributed by atoms with E-state index in [1.54, 1.807) is 0 Å². The first-order valence-electron chi connectivity index (χ1n) is 6.03. The lowest BCUT2D eigenvalue weighted by Crippen LogP contribution is -2.59. The third-order valence-corrected chi connectivity index (χ3v) is 3.55. The van der Waals surface area contributed by atoms with Crippen LogP contribution in [0.3, 0.4) is 0 Å². The first-order chi connectivity index (χ1) is 8.44. The Morgan fingerprint density at radius 3 is 2.61 bits per heavy atom. The Balaban J connectivity index is 2.13. The smallest absolute Gasteiger partial charge is 0.374 e. The SMILES string of the molecule is O=C(N1CCOC2CCCCC21)C(F)(F)C(F)F. The lowest BCUT2D eigenvalue weighted by molar-refractivity contribution is -0.193. The van der Waals surface area contributed by atoms with Crippen molar-refractivity contribution in [2.45, 2.75) is 50.2 Å². The molecule has 1 saturated heterocycles. The van der Waals surface area contributed by atoms with Gasteiger partial charge in [0.1, 0.15) is 0 Å². The summed E-state index contributed by atoms with van der Waals surface area (Å²) in [6.45, 7) is 0.0918. The Morgan fingerprint density at radius 1 is 1.28 bits per heavy atom. The fourth-order valence-electron chi connectivity index (χ4n) is 2.63. The Hall–Kier alpha value is -0.850. The van der Waals surface area contributed by atoms with Gasteiger partial charge in [0.2, 0.25) is 0 Å². The lowest BCUT2D eigenvalue weighted by atomic mass is 9.90. The molecule has 2 aliphatic rings. The molecule has 3 nitrogen and oxygen atoms in total. The predicted octanol–water partition coefficient (Wildman–Crippen LogP) is 2.06. The summed E-state index contributed by atoms with van der Waals surface area (Å²) in [5.41, 5.74) is 0. The van der Waals surface area contributed by atoms with E-state index < -0.39 is 24.3 Å². The summed E-state index contributed by atoms with van der Waals surface area (Å²) in [5.74, 6) is -6.36. The predicted molar refractivity (Wildman–Crippen MR) is 54.7 cm³/mol. The van der Waals surface area contributed by atoms with E-state index in [0.29, 0.717) is 12.8 Å². The van der Waals surface area contributed by atoms with Crippen LogP contribution in [-0.2, 0) is 9.53 Å². The highest BCUT2D eigenvalue weighted by atomic mass is 19.3. The number of hydrogen-bond donors (Lipinski definition) is 0. The maximum absolute atomic E-state index is 13.1. The Bertz CT molecular complexity index is 322. The van der Waals surface area contributed by atoms with Gasteiger partial charge in [0.15, 0.2) is 0 Å². The first kappa shape index (κ1) is 13.6. The maximum atomic E-state index is 13.1. The molecular formula is C11H15F4NO2. The topological polar surface area (TPSA) is 29.5 Å². The van der Waals surface area contributed by atoms with Crippen LogP contribution >= 0.6 is 0 Å². The molecule has 1 heterocycles. The van der Waals surface area contributed by atoms with Gasteiger partial charge in [-0.25, -0.2) is 8.78 Å². The molecular weight excluding hydrogens is 254 g/mol. The second-order valence-corrected chi connectivity index (χ2v) is 4.68. The van der Waals surface area contributed by atoms with Gasteiger partial charge < -0.3 is 9.64 Å². The van der Waals surface area contributed by atoms with E-state index in [2.05, 4.69) is 0 Å². The number of fused-ring (bicyclic) bond motifs is 1. The van der Waals surface area contributed by atoms with Crippen LogP contribution in [0.1, 0.15) is 25.7 Å². The number of rotatable bonds is 2. The largest absolute Gasteiger partial charge is 0.383 e. The Labute approximate surface area is 102 Å². The number of alkyl halides is 4. The molecule has 18 heavy (non-hydrogen) atoms. The van der Waals surface area contributed by atoms with Crippen molar-refractivity contribution in [3.8, 4) is 0 Å². The molecule has 0 radical (unpaired) electrons. The van der Waals surface area contributed by atoms with Gasteiger partial charge >= 0.3 is 12.3 Å². The van der Waals surface area contributed by atoms with Crippen LogP contribution in [0.4, 0.5) is 17.6 Å². The van der Waals surface area contributed by atoms with E-state index in [-0.39, 0.29) is 19.3 Å². The summed E-state index contributed by atoms with van der Waals surface area (Å²) >= 11 is 0. The van der Waals surface area contributed by atoms with Gasteiger partial charge in [-0.15, -0.1) is 0 Å². The molecule has 104 valence electrons. The number of hydrogen-bond acceptors (Lipinski definition) is 2. The zero-order valence-electron chi connectivity index (χ0n) is 9.75. The average Bonchev–Trinajstić information content (AvgIpc) is 2.37. The van der Waals surface area contributed by atoms with Gasteiger partial charge in [-0.05, 0) is 12.8 Å². The molecule has 0 aromatic rings. The number of morpholine rings is 1. The molecule has 2 fully saturated rings. The number of nitrogens with zero attached hydrogens (tertiary/aromatic N) is 1. The third kappa shape index (κ3) is 2.32. The number of carbonyl (C=O) groups is 1. The number of amides is 1. The molecule has 2 rings (SSSR count). The summed E-state index contributed by atoms with van der Waals surface area (Å²) in [4.78, 5) is 12.4. The quantitative estimate of drug-likeness (QED) is 0.718. The van der Waals surface area contributed by atoms with Crippen molar-refractivity contribution < 1.29 is 27.1 Å². The van der Waals surface area contributed by atoms with Crippen molar-refractivity contribution in [1.82, 2.24) is 4.90 Å². The molecule has 2 atom stereocenters. The first-order valence-corrected chi connectivity index (χ1v) is 6.03. The van der Waals surface area contributed by atoms with Crippen LogP contribution in [0.25, 0.3) is 0 Å². The minimum Gasteiger partial charge on any atom is -0.374 e. The van der Waals surface area contributed by atoms with Gasteiger partial charge in [0.05, 0.1) is 18.8 Å². The maximum Gasteiger partial charge on any atom is 0.383 e. The fraction of sp³-hybridized carbons (Fsp3) is 0.909. The number of carbonyl (C=O) groups excluding carboxylic acids is 1. The van der Waals surface area contributed by atoms with E-state index in [9.17, 15) is 22.4 Å². The zero-order valence-corrected chi connectivity index (χ0v) is 9.75. The summed E-state index contributed by atoms with van der Waals surface area (Å²) in [6, 6.07) is -0.482. The third-order valence-electron chi connectivity index (χ3n) is 3.55. The summed E-state index contributed by atoms with van der Waals surface area (Å²) in [7, 11) is 0. The lowest BCUT2D eigenvalue weighted by Gasteiger charge is -2.44. The molecule has 0 aromatic carbocycles. The molecule has 7 heteroatoms. The molecule has 2 unspecified atom stereocenters. The van der Waals surface area contributed by atoms with Crippen molar-refractivity contribution in [1.29, 1.82) is 0 Å². The highest BCUT2D eigenvalue weighted by Gasteiger charge is 2.53. The Kier molecular flexibility index (Phi) is 3.79. The number of halogens is 4. The van der Waals surface area contributed by atoms with E-state index >= 15 is 0 Å². The summed E-state index contributed by atoms with van der Waals surface area (Å²) in [5, 5.41) is 0. The molecule has 0 spiro atoms. The van der Waals surface area contributed by atoms with Crippen LogP contribution in [-0.4, -0.2) is 48.5 Å². The van der Waals surface area contributed by atoms with Crippen LogP contribution in [0.15, 0.2) is 0 Å². The molecule has 1 aliphatic heterocycles. The second kappa shape index (κ2) is 5.03. The van der Waals surface area contributed by atoms with Crippen LogP contribution in [0, 0.1) is 0 Å². The molecule has 0 aromatic heterocycles. The monoisotopic (exact) mass is 269 g/mol. The molecule has 0 bridgehead atoms. The van der Waals surface area contributed by atoms with E-state index in [1.807, 2.05) is 0 Å². The molecule has 1 aliphatic carbocycles. The minimum absolute atomic E-state index is 0.0394. The molecule has 0 N–H and O–H groups in total. The average molecular weight is 269 g/mol. The summed E-state index contributed by atoms with van der Waals surface area (Å²) in [6.07, 6.45) is -1.31. The van der Waals surface area contributed by atoms with Crippen LogP contribution in [0.2, 0.25) is 0 Å². The second-order valence-electron chi connectivity index (χ2n) is 4.68. The van der Waals surface area contributed by atoms with Crippen molar-refractivity contribution in [2.24, 2.45) is 0 Å².